The highest BCUT2D eigenvalue weighted by atomic mass is 16.2. The number of rotatable bonds is 4. The second-order valence-corrected chi connectivity index (χ2v) is 7.86. The van der Waals surface area contributed by atoms with Crippen LogP contribution in [-0.4, -0.2) is 58.0 Å². The molecule has 0 radical (unpaired) electrons. The minimum atomic E-state index is 0.0467. The first-order valence-corrected chi connectivity index (χ1v) is 10.3. The van der Waals surface area contributed by atoms with Crippen LogP contribution in [0, 0.1) is 5.92 Å². The molecule has 2 heterocycles. The number of nitrogens with one attached hydrogen (secondary N) is 1. The maximum Gasteiger partial charge on any atom is 0.226 e. The molecule has 1 N–H and O–H groups in total. The summed E-state index contributed by atoms with van der Waals surface area (Å²) in [6, 6.07) is 10.1. The first kappa shape index (κ1) is 18.7. The lowest BCUT2D eigenvalue weighted by Gasteiger charge is -2.28. The van der Waals surface area contributed by atoms with Gasteiger partial charge in [-0.05, 0) is 43.2 Å². The summed E-state index contributed by atoms with van der Waals surface area (Å²) in [5, 5.41) is 7.13. The third kappa shape index (κ3) is 4.26. The zero-order chi connectivity index (χ0) is 19.3. The van der Waals surface area contributed by atoms with Crippen molar-refractivity contribution >= 4 is 11.8 Å². The van der Waals surface area contributed by atoms with E-state index in [1.165, 1.54) is 16.8 Å². The van der Waals surface area contributed by atoms with Crippen LogP contribution >= 0.6 is 0 Å². The van der Waals surface area contributed by atoms with E-state index < -0.39 is 0 Å². The van der Waals surface area contributed by atoms with Gasteiger partial charge in [-0.1, -0.05) is 30.3 Å². The minimum Gasteiger partial charge on any atom is -0.341 e. The van der Waals surface area contributed by atoms with Crippen LogP contribution in [0.4, 0.5) is 0 Å². The molecule has 1 atom stereocenters. The van der Waals surface area contributed by atoms with Crippen LogP contribution in [-0.2, 0) is 28.9 Å². The van der Waals surface area contributed by atoms with Crippen molar-refractivity contribution < 1.29 is 9.59 Å². The van der Waals surface area contributed by atoms with Gasteiger partial charge in [0, 0.05) is 44.2 Å². The molecule has 1 fully saturated rings. The highest BCUT2D eigenvalue weighted by Crippen LogP contribution is 2.25. The quantitative estimate of drug-likeness (QED) is 0.884. The molecule has 1 saturated heterocycles. The molecule has 6 heteroatoms. The SMILES string of the molecule is O=C(CCc1ccccc1)N1CCCN(C(=O)C2CCc3[nH]ncc3C2)CC1. The molecule has 6 nitrogen and oxygen atoms in total. The lowest BCUT2D eigenvalue weighted by atomic mass is 9.87. The van der Waals surface area contributed by atoms with Crippen LogP contribution in [0.15, 0.2) is 36.5 Å². The van der Waals surface area contributed by atoms with Crippen molar-refractivity contribution in [1.29, 1.82) is 0 Å². The molecule has 4 rings (SSSR count). The number of benzene rings is 1. The predicted octanol–water partition coefficient (Wildman–Crippen LogP) is 2.21. The van der Waals surface area contributed by atoms with Gasteiger partial charge in [0.2, 0.25) is 11.8 Å². The first-order valence-electron chi connectivity index (χ1n) is 10.3. The second kappa shape index (κ2) is 8.59. The van der Waals surface area contributed by atoms with Crippen LogP contribution in [0.3, 0.4) is 0 Å². The van der Waals surface area contributed by atoms with Gasteiger partial charge in [0.05, 0.1) is 6.20 Å². The molecule has 2 amide bonds. The molecule has 1 aromatic heterocycles. The molecule has 0 saturated carbocycles. The average molecular weight is 380 g/mol. The minimum absolute atomic E-state index is 0.0467. The lowest BCUT2D eigenvalue weighted by molar-refractivity contribution is -0.136. The number of hydrogen-bond acceptors (Lipinski definition) is 3. The van der Waals surface area contributed by atoms with Gasteiger partial charge in [-0.2, -0.15) is 5.10 Å². The van der Waals surface area contributed by atoms with Gasteiger partial charge in [-0.25, -0.2) is 0 Å². The molecular formula is C22H28N4O2. The van der Waals surface area contributed by atoms with Crippen LogP contribution < -0.4 is 0 Å². The number of aryl methyl sites for hydroxylation is 2. The third-order valence-corrected chi connectivity index (χ3v) is 6.00. The summed E-state index contributed by atoms with van der Waals surface area (Å²) >= 11 is 0. The summed E-state index contributed by atoms with van der Waals surface area (Å²) in [6.07, 6.45) is 6.56. The van der Waals surface area contributed by atoms with Crippen LogP contribution in [0.25, 0.3) is 0 Å². The summed E-state index contributed by atoms with van der Waals surface area (Å²) in [7, 11) is 0. The van der Waals surface area contributed by atoms with E-state index in [9.17, 15) is 9.59 Å². The van der Waals surface area contributed by atoms with Gasteiger partial charge in [-0.15, -0.1) is 0 Å². The van der Waals surface area contributed by atoms with Crippen LogP contribution in [0.5, 0.6) is 0 Å². The molecule has 1 unspecified atom stereocenters. The molecule has 0 spiro atoms. The fourth-order valence-electron chi connectivity index (χ4n) is 4.33. The summed E-state index contributed by atoms with van der Waals surface area (Å²) in [4.78, 5) is 29.5. The van der Waals surface area contributed by atoms with E-state index >= 15 is 0 Å². The number of aromatic amines is 1. The Morgan fingerprint density at radius 3 is 2.71 bits per heavy atom. The topological polar surface area (TPSA) is 69.3 Å². The summed E-state index contributed by atoms with van der Waals surface area (Å²) in [5.41, 5.74) is 3.55. The molecule has 0 bridgehead atoms. The number of nitrogens with zero attached hydrogens (tertiary/aromatic N) is 3. The molecule has 148 valence electrons. The Morgan fingerprint density at radius 1 is 1.07 bits per heavy atom. The molecule has 28 heavy (non-hydrogen) atoms. The Bertz CT molecular complexity index is 817. The summed E-state index contributed by atoms with van der Waals surface area (Å²) in [5.74, 6) is 0.481. The maximum atomic E-state index is 13.0. The van der Waals surface area contributed by atoms with Crippen molar-refractivity contribution in [2.24, 2.45) is 5.92 Å². The Balaban J connectivity index is 1.28. The van der Waals surface area contributed by atoms with Gasteiger partial charge < -0.3 is 9.80 Å². The summed E-state index contributed by atoms with van der Waals surface area (Å²) < 4.78 is 0. The van der Waals surface area contributed by atoms with Crippen molar-refractivity contribution in [3.05, 3.63) is 53.3 Å². The van der Waals surface area contributed by atoms with Gasteiger partial charge in [-0.3, -0.25) is 14.7 Å². The summed E-state index contributed by atoms with van der Waals surface area (Å²) in [6.45, 7) is 2.78. The smallest absolute Gasteiger partial charge is 0.226 e. The number of fused-ring (bicyclic) bond motifs is 1. The van der Waals surface area contributed by atoms with E-state index in [4.69, 9.17) is 0 Å². The van der Waals surface area contributed by atoms with E-state index in [-0.39, 0.29) is 17.7 Å². The Labute approximate surface area is 165 Å². The Kier molecular flexibility index (Phi) is 5.74. The number of carbonyl (C=O) groups is 2. The van der Waals surface area contributed by atoms with E-state index in [2.05, 4.69) is 22.3 Å². The number of hydrogen-bond donors (Lipinski definition) is 1. The zero-order valence-corrected chi connectivity index (χ0v) is 16.3. The third-order valence-electron chi connectivity index (χ3n) is 6.00. The van der Waals surface area contributed by atoms with Crippen molar-refractivity contribution in [2.75, 3.05) is 26.2 Å². The monoisotopic (exact) mass is 380 g/mol. The number of H-pyrrole nitrogens is 1. The maximum absolute atomic E-state index is 13.0. The Hall–Kier alpha value is -2.63. The Morgan fingerprint density at radius 2 is 1.86 bits per heavy atom. The van der Waals surface area contributed by atoms with E-state index in [0.29, 0.717) is 19.5 Å². The number of amides is 2. The van der Waals surface area contributed by atoms with E-state index in [1.807, 2.05) is 34.2 Å². The molecule has 2 aromatic rings. The standard InChI is InChI=1S/C22H28N4O2/c27-21(10-7-17-5-2-1-3-6-17)25-11-4-12-26(14-13-25)22(28)18-8-9-20-19(15-18)16-23-24-20/h1-3,5-6,16,18H,4,7-15H2,(H,23,24). The second-order valence-electron chi connectivity index (χ2n) is 7.86. The predicted molar refractivity (Wildman–Crippen MR) is 107 cm³/mol. The number of carbonyl (C=O) groups excluding carboxylic acids is 2. The molecular weight excluding hydrogens is 352 g/mol. The largest absolute Gasteiger partial charge is 0.341 e. The highest BCUT2D eigenvalue weighted by Gasteiger charge is 2.30. The normalized spacial score (nSPS) is 19.8. The van der Waals surface area contributed by atoms with Crippen molar-refractivity contribution in [3.63, 3.8) is 0 Å². The molecule has 1 aliphatic carbocycles. The average Bonchev–Trinajstić information content (AvgIpc) is 3.07. The van der Waals surface area contributed by atoms with Gasteiger partial charge in [0.15, 0.2) is 0 Å². The molecule has 2 aliphatic rings. The fraction of sp³-hybridized carbons (Fsp3) is 0.500. The first-order chi connectivity index (χ1) is 13.7. The van der Waals surface area contributed by atoms with Crippen LogP contribution in [0.1, 0.15) is 36.1 Å². The highest BCUT2D eigenvalue weighted by molar-refractivity contribution is 5.80. The van der Waals surface area contributed by atoms with Gasteiger partial charge in [0.25, 0.3) is 0 Å². The lowest BCUT2D eigenvalue weighted by Crippen LogP contribution is -2.41. The number of aromatic nitrogens is 2. The van der Waals surface area contributed by atoms with Gasteiger partial charge >= 0.3 is 0 Å². The molecule has 1 aromatic carbocycles. The van der Waals surface area contributed by atoms with Crippen molar-refractivity contribution in [1.82, 2.24) is 20.0 Å². The zero-order valence-electron chi connectivity index (χ0n) is 16.3. The van der Waals surface area contributed by atoms with E-state index in [1.54, 1.807) is 0 Å². The molecule has 1 aliphatic heterocycles. The fourth-order valence-corrected chi connectivity index (χ4v) is 4.33. The van der Waals surface area contributed by atoms with Crippen LogP contribution in [0.2, 0.25) is 0 Å². The van der Waals surface area contributed by atoms with E-state index in [0.717, 1.165) is 45.2 Å². The van der Waals surface area contributed by atoms with Crippen molar-refractivity contribution in [2.45, 2.75) is 38.5 Å². The van der Waals surface area contributed by atoms with Gasteiger partial charge in [0.1, 0.15) is 0 Å². The van der Waals surface area contributed by atoms with Crippen molar-refractivity contribution in [3.8, 4) is 0 Å².